The molecule has 0 saturated carbocycles. The predicted octanol–water partition coefficient (Wildman–Crippen LogP) is 4.81. The molecule has 2 rings (SSSR count). The molecule has 0 spiro atoms. The Labute approximate surface area is 135 Å². The van der Waals surface area contributed by atoms with Crippen LogP contribution in [0.4, 0.5) is 10.1 Å². The molecule has 2 N–H and O–H groups in total. The first-order chi connectivity index (χ1) is 9.88. The topological polar surface area (TPSA) is 52.3 Å². The van der Waals surface area contributed by atoms with E-state index in [1.54, 1.807) is 18.2 Å². The van der Waals surface area contributed by atoms with E-state index in [4.69, 9.17) is 10.5 Å². The second-order valence-electron chi connectivity index (χ2n) is 4.84. The molecule has 0 saturated heterocycles. The smallest absolute Gasteiger partial charge is 0.350 e. The predicted molar refractivity (Wildman–Crippen MR) is 87.3 cm³/mol. The highest BCUT2D eigenvalue weighted by Crippen LogP contribution is 2.44. The van der Waals surface area contributed by atoms with Crippen molar-refractivity contribution < 1.29 is 13.9 Å². The van der Waals surface area contributed by atoms with Crippen LogP contribution in [0.2, 0.25) is 0 Å². The van der Waals surface area contributed by atoms with Gasteiger partial charge in [0.15, 0.2) is 0 Å². The van der Waals surface area contributed by atoms with Gasteiger partial charge in [-0.1, -0.05) is 26.0 Å². The first-order valence-electron chi connectivity index (χ1n) is 6.33. The molecule has 0 aliphatic heterocycles. The Balaban J connectivity index is 2.74. The molecule has 1 heterocycles. The van der Waals surface area contributed by atoms with Crippen LogP contribution in [0, 0.1) is 5.82 Å². The molecule has 0 aliphatic carbocycles. The first kappa shape index (κ1) is 16.0. The van der Waals surface area contributed by atoms with Crippen LogP contribution in [0.25, 0.3) is 10.4 Å². The highest BCUT2D eigenvalue weighted by atomic mass is 79.9. The summed E-state index contributed by atoms with van der Waals surface area (Å²) in [5.41, 5.74) is 7.66. The average Bonchev–Trinajstić information content (AvgIpc) is 2.78. The number of methoxy groups -OCH3 is 1. The van der Waals surface area contributed by atoms with Crippen LogP contribution in [-0.2, 0) is 4.74 Å². The molecule has 112 valence electrons. The Bertz CT molecular complexity index is 697. The lowest BCUT2D eigenvalue weighted by atomic mass is 9.98. The molecule has 0 unspecified atom stereocenters. The minimum atomic E-state index is -0.499. The maximum Gasteiger partial charge on any atom is 0.350 e. The highest BCUT2D eigenvalue weighted by Gasteiger charge is 2.25. The van der Waals surface area contributed by atoms with Crippen molar-refractivity contribution in [1.82, 2.24) is 0 Å². The Morgan fingerprint density at radius 3 is 2.67 bits per heavy atom. The van der Waals surface area contributed by atoms with Crippen LogP contribution in [-0.4, -0.2) is 13.1 Å². The third kappa shape index (κ3) is 2.82. The lowest BCUT2D eigenvalue weighted by Gasteiger charge is -2.10. The van der Waals surface area contributed by atoms with Crippen molar-refractivity contribution in [3.8, 4) is 10.4 Å². The van der Waals surface area contributed by atoms with Gasteiger partial charge in [-0.3, -0.25) is 0 Å². The maximum absolute atomic E-state index is 14.4. The lowest BCUT2D eigenvalue weighted by molar-refractivity contribution is 0.0607. The first-order valence-corrected chi connectivity index (χ1v) is 7.94. The number of esters is 1. The summed E-state index contributed by atoms with van der Waals surface area (Å²) >= 11 is 4.34. The fraction of sp³-hybridized carbons (Fsp3) is 0.267. The molecule has 0 bridgehead atoms. The van der Waals surface area contributed by atoms with Crippen LogP contribution in [0.5, 0.6) is 0 Å². The fourth-order valence-electron chi connectivity index (χ4n) is 2.15. The zero-order valence-corrected chi connectivity index (χ0v) is 14.3. The second kappa shape index (κ2) is 6.15. The quantitative estimate of drug-likeness (QED) is 0.787. The van der Waals surface area contributed by atoms with Gasteiger partial charge in [-0.05, 0) is 33.5 Å². The number of hydrogen-bond acceptors (Lipinski definition) is 4. The van der Waals surface area contributed by atoms with Crippen molar-refractivity contribution in [3.63, 3.8) is 0 Å². The summed E-state index contributed by atoms with van der Waals surface area (Å²) in [4.78, 5) is 12.8. The fourth-order valence-corrected chi connectivity index (χ4v) is 3.83. The molecule has 0 radical (unpaired) electrons. The van der Waals surface area contributed by atoms with Gasteiger partial charge >= 0.3 is 5.97 Å². The Hall–Kier alpha value is -1.40. The zero-order chi connectivity index (χ0) is 15.7. The second-order valence-corrected chi connectivity index (χ2v) is 6.71. The summed E-state index contributed by atoms with van der Waals surface area (Å²) in [6, 6.07) is 5.06. The summed E-state index contributed by atoms with van der Waals surface area (Å²) in [7, 11) is 1.30. The Kier molecular flexibility index (Phi) is 4.68. The van der Waals surface area contributed by atoms with Gasteiger partial charge in [0.1, 0.15) is 10.7 Å². The summed E-state index contributed by atoms with van der Waals surface area (Å²) in [6.07, 6.45) is 0. The van der Waals surface area contributed by atoms with E-state index in [9.17, 15) is 9.18 Å². The van der Waals surface area contributed by atoms with E-state index < -0.39 is 5.97 Å². The minimum absolute atomic E-state index is 0.0630. The normalized spacial score (nSPS) is 11.0. The number of hydrogen-bond donors (Lipinski definition) is 1. The van der Waals surface area contributed by atoms with E-state index in [2.05, 4.69) is 15.9 Å². The van der Waals surface area contributed by atoms with E-state index >= 15 is 0 Å². The van der Waals surface area contributed by atoms with Crippen molar-refractivity contribution in [1.29, 1.82) is 0 Å². The van der Waals surface area contributed by atoms with Crippen LogP contribution in [0.1, 0.15) is 35.0 Å². The molecular weight excluding hydrogens is 357 g/mol. The Morgan fingerprint density at radius 2 is 2.10 bits per heavy atom. The van der Waals surface area contributed by atoms with Crippen molar-refractivity contribution in [3.05, 3.63) is 38.9 Å². The molecule has 0 aliphatic rings. The number of benzene rings is 1. The molecular formula is C15H15BrFNO2S. The van der Waals surface area contributed by atoms with Crippen molar-refractivity contribution in [2.24, 2.45) is 0 Å². The molecule has 21 heavy (non-hydrogen) atoms. The summed E-state index contributed by atoms with van der Waals surface area (Å²) in [5, 5.41) is 0. The third-order valence-corrected chi connectivity index (χ3v) is 4.98. The number of anilines is 1. The molecule has 0 amide bonds. The SMILES string of the molecule is COC(=O)c1sc(-c2cccc(Br)c2F)c(C(C)C)c1N. The van der Waals surface area contributed by atoms with Crippen molar-refractivity contribution in [2.75, 3.05) is 12.8 Å². The average molecular weight is 372 g/mol. The number of nitrogen functional groups attached to an aromatic ring is 1. The van der Waals surface area contributed by atoms with Gasteiger partial charge in [0.05, 0.1) is 17.3 Å². The van der Waals surface area contributed by atoms with E-state index in [-0.39, 0.29) is 11.7 Å². The number of ether oxygens (including phenoxy) is 1. The van der Waals surface area contributed by atoms with Gasteiger partial charge in [0.2, 0.25) is 0 Å². The number of nitrogens with two attached hydrogens (primary N) is 1. The van der Waals surface area contributed by atoms with Crippen molar-refractivity contribution >= 4 is 38.9 Å². The Morgan fingerprint density at radius 1 is 1.43 bits per heavy atom. The molecule has 3 nitrogen and oxygen atoms in total. The number of rotatable bonds is 3. The monoisotopic (exact) mass is 371 g/mol. The number of carbonyl (C=O) groups is 1. The standard InChI is InChI=1S/C15H15BrFNO2S/c1-7(2)10-12(18)14(15(19)20-3)21-13(10)8-5-4-6-9(16)11(8)17/h4-7H,18H2,1-3H3. The number of halogens is 2. The van der Waals surface area contributed by atoms with Gasteiger partial charge in [-0.25, -0.2) is 9.18 Å². The number of carbonyl (C=O) groups excluding carboxylic acids is 1. The summed E-state index contributed by atoms with van der Waals surface area (Å²) in [5.74, 6) is -0.800. The highest BCUT2D eigenvalue weighted by molar-refractivity contribution is 9.10. The molecule has 2 aromatic rings. The zero-order valence-electron chi connectivity index (χ0n) is 11.9. The van der Waals surface area contributed by atoms with Crippen molar-refractivity contribution in [2.45, 2.75) is 19.8 Å². The molecule has 1 aromatic carbocycles. The molecule has 1 aromatic heterocycles. The van der Waals surface area contributed by atoms with Crippen LogP contribution >= 0.6 is 27.3 Å². The van der Waals surface area contributed by atoms with Crippen LogP contribution in [0.15, 0.2) is 22.7 Å². The van der Waals surface area contributed by atoms with E-state index in [0.29, 0.717) is 25.5 Å². The van der Waals surface area contributed by atoms with Gasteiger partial charge in [0, 0.05) is 10.4 Å². The third-order valence-electron chi connectivity index (χ3n) is 3.13. The lowest BCUT2D eigenvalue weighted by Crippen LogP contribution is -2.03. The molecule has 6 heteroatoms. The molecule has 0 fully saturated rings. The maximum atomic E-state index is 14.4. The van der Waals surface area contributed by atoms with Gasteiger partial charge in [-0.2, -0.15) is 0 Å². The number of thiophene rings is 1. The summed E-state index contributed by atoms with van der Waals surface area (Å²) < 4.78 is 19.5. The van der Waals surface area contributed by atoms with Gasteiger partial charge in [-0.15, -0.1) is 11.3 Å². The molecule has 0 atom stereocenters. The van der Waals surface area contributed by atoms with Crippen LogP contribution in [0.3, 0.4) is 0 Å². The van der Waals surface area contributed by atoms with Gasteiger partial charge in [0.25, 0.3) is 0 Å². The largest absolute Gasteiger partial charge is 0.465 e. The summed E-state index contributed by atoms with van der Waals surface area (Å²) in [6.45, 7) is 3.91. The van der Waals surface area contributed by atoms with E-state index in [1.807, 2.05) is 13.8 Å². The van der Waals surface area contributed by atoms with Gasteiger partial charge < -0.3 is 10.5 Å². The van der Waals surface area contributed by atoms with E-state index in [1.165, 1.54) is 7.11 Å². The van der Waals surface area contributed by atoms with E-state index in [0.717, 1.165) is 16.9 Å². The minimum Gasteiger partial charge on any atom is -0.465 e. The van der Waals surface area contributed by atoms with Crippen LogP contribution < -0.4 is 5.73 Å².